The number of rotatable bonds is 5. The van der Waals surface area contributed by atoms with Gasteiger partial charge in [-0.3, -0.25) is 4.79 Å². The molecule has 0 bridgehead atoms. The van der Waals surface area contributed by atoms with Crippen LogP contribution in [0.25, 0.3) is 11.5 Å². The number of hydrogen-bond donors (Lipinski definition) is 2. The van der Waals surface area contributed by atoms with Crippen LogP contribution < -0.4 is 5.32 Å². The van der Waals surface area contributed by atoms with Gasteiger partial charge < -0.3 is 14.8 Å². The highest BCUT2D eigenvalue weighted by atomic mass is 35.5. The molecule has 1 atom stereocenters. The fourth-order valence-corrected chi connectivity index (χ4v) is 2.26. The number of nitrogens with one attached hydrogen (secondary N) is 1. The smallest absolute Gasteiger partial charge is 0.326 e. The van der Waals surface area contributed by atoms with E-state index in [0.29, 0.717) is 16.6 Å². The summed E-state index contributed by atoms with van der Waals surface area (Å²) in [5.74, 6) is -1.12. The van der Waals surface area contributed by atoms with Crippen molar-refractivity contribution in [2.45, 2.75) is 33.2 Å². The minimum atomic E-state index is -1.07. The molecule has 1 amide bonds. The molecular weight excluding hydrogens is 332 g/mol. The highest BCUT2D eigenvalue weighted by molar-refractivity contribution is 6.30. The van der Waals surface area contributed by atoms with E-state index in [9.17, 15) is 14.7 Å². The molecular formula is C17H19ClN2O4. The standard InChI is InChI=1S/C17H19ClN2O4/c1-17(2,3)14(16(22)23)20-13(21)8-12-9-24-15(19-12)10-4-6-11(18)7-5-10/h4-7,9,14H,8H2,1-3H3,(H,20,21)(H,22,23). The summed E-state index contributed by atoms with van der Waals surface area (Å²) in [4.78, 5) is 27.6. The normalized spacial score (nSPS) is 12.7. The number of oxazole rings is 1. The predicted molar refractivity (Wildman–Crippen MR) is 89.7 cm³/mol. The third kappa shape index (κ3) is 4.58. The lowest BCUT2D eigenvalue weighted by Crippen LogP contribution is -2.49. The molecule has 0 fully saturated rings. The van der Waals surface area contributed by atoms with Crippen molar-refractivity contribution in [3.8, 4) is 11.5 Å². The predicted octanol–water partition coefficient (Wildman–Crippen LogP) is 3.15. The number of carbonyl (C=O) groups is 2. The summed E-state index contributed by atoms with van der Waals surface area (Å²) in [7, 11) is 0. The maximum atomic E-state index is 12.1. The van der Waals surface area contributed by atoms with E-state index in [2.05, 4.69) is 10.3 Å². The maximum Gasteiger partial charge on any atom is 0.326 e. The Kier molecular flexibility index (Phi) is 5.29. The average molecular weight is 351 g/mol. The summed E-state index contributed by atoms with van der Waals surface area (Å²) in [6.07, 6.45) is 1.33. The maximum absolute atomic E-state index is 12.1. The molecule has 1 unspecified atom stereocenters. The van der Waals surface area contributed by atoms with Crippen LogP contribution in [0.4, 0.5) is 0 Å². The molecule has 0 radical (unpaired) electrons. The summed E-state index contributed by atoms with van der Waals surface area (Å²) in [6, 6.07) is 5.98. The van der Waals surface area contributed by atoms with E-state index in [0.717, 1.165) is 5.56 Å². The molecule has 2 aromatic rings. The quantitative estimate of drug-likeness (QED) is 0.864. The van der Waals surface area contributed by atoms with Crippen molar-refractivity contribution in [1.29, 1.82) is 0 Å². The van der Waals surface area contributed by atoms with Crippen molar-refractivity contribution >= 4 is 23.5 Å². The van der Waals surface area contributed by atoms with Crippen LogP contribution in [0.5, 0.6) is 0 Å². The zero-order valence-electron chi connectivity index (χ0n) is 13.7. The van der Waals surface area contributed by atoms with Gasteiger partial charge in [0, 0.05) is 10.6 Å². The Hall–Kier alpha value is -2.34. The summed E-state index contributed by atoms with van der Waals surface area (Å²) in [6.45, 7) is 5.25. The SMILES string of the molecule is CC(C)(C)C(NC(=O)Cc1coc(-c2ccc(Cl)cc2)n1)C(=O)O. The van der Waals surface area contributed by atoms with Crippen molar-refractivity contribution in [3.63, 3.8) is 0 Å². The third-order valence-corrected chi connectivity index (χ3v) is 3.65. The van der Waals surface area contributed by atoms with Crippen molar-refractivity contribution in [3.05, 3.63) is 41.2 Å². The number of carboxylic acids is 1. The number of nitrogens with zero attached hydrogens (tertiary/aromatic N) is 1. The topological polar surface area (TPSA) is 92.4 Å². The Labute approximate surface area is 144 Å². The van der Waals surface area contributed by atoms with Gasteiger partial charge in [0.2, 0.25) is 11.8 Å². The largest absolute Gasteiger partial charge is 0.480 e. The van der Waals surface area contributed by atoms with Gasteiger partial charge in [0.15, 0.2) is 0 Å². The van der Waals surface area contributed by atoms with Crippen molar-refractivity contribution < 1.29 is 19.1 Å². The lowest BCUT2D eigenvalue weighted by molar-refractivity contribution is -0.144. The van der Waals surface area contributed by atoms with E-state index in [1.807, 2.05) is 0 Å². The van der Waals surface area contributed by atoms with Crippen LogP contribution in [0, 0.1) is 5.41 Å². The molecule has 0 spiro atoms. The highest BCUT2D eigenvalue weighted by Gasteiger charge is 2.32. The number of aliphatic carboxylic acids is 1. The Bertz CT molecular complexity index is 732. The fourth-order valence-electron chi connectivity index (χ4n) is 2.14. The van der Waals surface area contributed by atoms with Gasteiger partial charge in [0.05, 0.1) is 12.1 Å². The molecule has 2 rings (SSSR count). The van der Waals surface area contributed by atoms with Crippen LogP contribution in [0.2, 0.25) is 5.02 Å². The average Bonchev–Trinajstić information content (AvgIpc) is 2.92. The number of halogens is 1. The van der Waals surface area contributed by atoms with E-state index in [-0.39, 0.29) is 6.42 Å². The van der Waals surface area contributed by atoms with Crippen LogP contribution in [-0.4, -0.2) is 28.0 Å². The highest BCUT2D eigenvalue weighted by Crippen LogP contribution is 2.22. The molecule has 0 aliphatic heterocycles. The molecule has 1 aromatic carbocycles. The summed E-state index contributed by atoms with van der Waals surface area (Å²) < 4.78 is 5.36. The van der Waals surface area contributed by atoms with Gasteiger partial charge in [0.25, 0.3) is 0 Å². The molecule has 6 nitrogen and oxygen atoms in total. The molecule has 128 valence electrons. The number of carboxylic acid groups (broad SMARTS) is 1. The molecule has 24 heavy (non-hydrogen) atoms. The first kappa shape index (κ1) is 18.0. The van der Waals surface area contributed by atoms with E-state index in [1.165, 1.54) is 6.26 Å². The summed E-state index contributed by atoms with van der Waals surface area (Å²) >= 11 is 5.83. The fraction of sp³-hybridized carbons (Fsp3) is 0.353. The van der Waals surface area contributed by atoms with Crippen LogP contribution in [0.3, 0.4) is 0 Å². The first-order valence-electron chi connectivity index (χ1n) is 7.39. The molecule has 7 heteroatoms. The lowest BCUT2D eigenvalue weighted by Gasteiger charge is -2.27. The molecule has 1 heterocycles. The second-order valence-electron chi connectivity index (χ2n) is 6.53. The van der Waals surface area contributed by atoms with Gasteiger partial charge >= 0.3 is 5.97 Å². The zero-order chi connectivity index (χ0) is 17.9. The second-order valence-corrected chi connectivity index (χ2v) is 6.97. The van der Waals surface area contributed by atoms with Gasteiger partial charge in [0.1, 0.15) is 12.3 Å². The van der Waals surface area contributed by atoms with Crippen molar-refractivity contribution in [2.75, 3.05) is 0 Å². The first-order valence-corrected chi connectivity index (χ1v) is 7.77. The number of benzene rings is 1. The summed E-state index contributed by atoms with van der Waals surface area (Å²) in [5, 5.41) is 12.4. The molecule has 0 aliphatic rings. The minimum absolute atomic E-state index is 0.0586. The summed E-state index contributed by atoms with van der Waals surface area (Å²) in [5.41, 5.74) is 0.569. The monoisotopic (exact) mass is 350 g/mol. The van der Waals surface area contributed by atoms with E-state index >= 15 is 0 Å². The lowest BCUT2D eigenvalue weighted by atomic mass is 9.86. The van der Waals surface area contributed by atoms with Crippen LogP contribution in [0.1, 0.15) is 26.5 Å². The number of carbonyl (C=O) groups excluding carboxylic acids is 1. The molecule has 2 N–H and O–H groups in total. The van der Waals surface area contributed by atoms with Gasteiger partial charge in [-0.25, -0.2) is 9.78 Å². The van der Waals surface area contributed by atoms with Gasteiger partial charge in [-0.1, -0.05) is 32.4 Å². The van der Waals surface area contributed by atoms with Crippen molar-refractivity contribution in [2.24, 2.45) is 5.41 Å². The molecule has 0 saturated heterocycles. The molecule has 0 saturated carbocycles. The van der Waals surface area contributed by atoms with Crippen LogP contribution >= 0.6 is 11.6 Å². The van der Waals surface area contributed by atoms with E-state index < -0.39 is 23.3 Å². The number of aromatic nitrogens is 1. The van der Waals surface area contributed by atoms with Crippen LogP contribution in [0.15, 0.2) is 34.9 Å². The van der Waals surface area contributed by atoms with Gasteiger partial charge in [-0.05, 0) is 29.7 Å². The van der Waals surface area contributed by atoms with Crippen LogP contribution in [-0.2, 0) is 16.0 Å². The van der Waals surface area contributed by atoms with Gasteiger partial charge in [-0.2, -0.15) is 0 Å². The zero-order valence-corrected chi connectivity index (χ0v) is 14.4. The Balaban J connectivity index is 2.05. The van der Waals surface area contributed by atoms with E-state index in [1.54, 1.807) is 45.0 Å². The van der Waals surface area contributed by atoms with E-state index in [4.69, 9.17) is 16.0 Å². The molecule has 0 aliphatic carbocycles. The Morgan fingerprint density at radius 1 is 1.29 bits per heavy atom. The first-order chi connectivity index (χ1) is 11.2. The third-order valence-electron chi connectivity index (χ3n) is 3.40. The minimum Gasteiger partial charge on any atom is -0.480 e. The number of hydrogen-bond acceptors (Lipinski definition) is 4. The van der Waals surface area contributed by atoms with Crippen molar-refractivity contribution in [1.82, 2.24) is 10.3 Å². The van der Waals surface area contributed by atoms with Gasteiger partial charge in [-0.15, -0.1) is 0 Å². The Morgan fingerprint density at radius 2 is 1.92 bits per heavy atom. The number of amides is 1. The molecule has 1 aromatic heterocycles. The Morgan fingerprint density at radius 3 is 2.46 bits per heavy atom. The second kappa shape index (κ2) is 7.05.